The lowest BCUT2D eigenvalue weighted by atomic mass is 10.2. The van der Waals surface area contributed by atoms with Crippen molar-refractivity contribution in [3.8, 4) is 6.07 Å². The topological polar surface area (TPSA) is 48.7 Å². The monoisotopic (exact) mass is 175 g/mol. The summed E-state index contributed by atoms with van der Waals surface area (Å²) in [5.41, 5.74) is 1.41. The van der Waals surface area contributed by atoms with Gasteiger partial charge in [0.05, 0.1) is 0 Å². The van der Waals surface area contributed by atoms with Crippen LogP contribution in [0.3, 0.4) is 0 Å². The summed E-state index contributed by atoms with van der Waals surface area (Å²) in [7, 11) is 0. The smallest absolute Gasteiger partial charge is 0.142 e. The van der Waals surface area contributed by atoms with E-state index in [-0.39, 0.29) is 0 Å². The first-order chi connectivity index (χ1) is 6.26. The van der Waals surface area contributed by atoms with Crippen LogP contribution in [0.15, 0.2) is 18.3 Å². The van der Waals surface area contributed by atoms with Crippen molar-refractivity contribution in [3.05, 3.63) is 24.0 Å². The zero-order chi connectivity index (χ0) is 9.68. The first-order valence-corrected chi connectivity index (χ1v) is 4.39. The van der Waals surface area contributed by atoms with E-state index in [1.807, 2.05) is 12.1 Å². The van der Waals surface area contributed by atoms with Crippen molar-refractivity contribution in [2.24, 2.45) is 0 Å². The molecule has 3 nitrogen and oxygen atoms in total. The molecule has 0 saturated carbocycles. The molecule has 1 aromatic rings. The minimum absolute atomic E-state index is 0.425. The van der Waals surface area contributed by atoms with Crippen LogP contribution in [-0.4, -0.2) is 11.0 Å². The highest BCUT2D eigenvalue weighted by molar-refractivity contribution is 5.46. The fraction of sp³-hybridized carbons (Fsp3) is 0.400. The molecule has 1 heterocycles. The van der Waals surface area contributed by atoms with Gasteiger partial charge in [0.1, 0.15) is 11.8 Å². The van der Waals surface area contributed by atoms with Gasteiger partial charge in [0, 0.05) is 17.9 Å². The zero-order valence-corrected chi connectivity index (χ0v) is 7.91. The first-order valence-electron chi connectivity index (χ1n) is 4.39. The molecule has 0 saturated heterocycles. The van der Waals surface area contributed by atoms with Crippen LogP contribution in [0.4, 0.5) is 5.69 Å². The standard InChI is InChI=1S/C10H13N3/c1-3-8(2)13-9-4-5-12-10(6-9)7-11/h4-6,8H,3H2,1-2H3,(H,12,13). The van der Waals surface area contributed by atoms with Crippen LogP contribution in [0.1, 0.15) is 26.0 Å². The van der Waals surface area contributed by atoms with E-state index in [1.54, 1.807) is 12.3 Å². The second kappa shape index (κ2) is 4.46. The number of anilines is 1. The normalized spacial score (nSPS) is 11.8. The van der Waals surface area contributed by atoms with E-state index in [0.717, 1.165) is 12.1 Å². The maximum absolute atomic E-state index is 8.61. The molecule has 0 aliphatic heterocycles. The van der Waals surface area contributed by atoms with Crippen molar-refractivity contribution in [2.45, 2.75) is 26.3 Å². The third-order valence-corrected chi connectivity index (χ3v) is 1.90. The third kappa shape index (κ3) is 2.75. The van der Waals surface area contributed by atoms with Crippen molar-refractivity contribution >= 4 is 5.69 Å². The highest BCUT2D eigenvalue weighted by Gasteiger charge is 1.99. The molecular weight excluding hydrogens is 162 g/mol. The summed E-state index contributed by atoms with van der Waals surface area (Å²) < 4.78 is 0. The summed E-state index contributed by atoms with van der Waals surface area (Å²) in [6.45, 7) is 4.22. The Hall–Kier alpha value is -1.56. The SMILES string of the molecule is CCC(C)Nc1ccnc(C#N)c1. The largest absolute Gasteiger partial charge is 0.382 e. The van der Waals surface area contributed by atoms with E-state index in [9.17, 15) is 0 Å². The predicted octanol–water partition coefficient (Wildman–Crippen LogP) is 2.16. The van der Waals surface area contributed by atoms with Crippen molar-refractivity contribution < 1.29 is 0 Å². The van der Waals surface area contributed by atoms with Crippen LogP contribution in [0.2, 0.25) is 0 Å². The summed E-state index contributed by atoms with van der Waals surface area (Å²) in [5, 5.41) is 11.9. The Kier molecular flexibility index (Phi) is 3.27. The molecule has 1 N–H and O–H groups in total. The lowest BCUT2D eigenvalue weighted by molar-refractivity contribution is 0.764. The Morgan fingerprint density at radius 3 is 3.08 bits per heavy atom. The molecule has 13 heavy (non-hydrogen) atoms. The van der Waals surface area contributed by atoms with Crippen molar-refractivity contribution in [1.82, 2.24) is 4.98 Å². The van der Waals surface area contributed by atoms with E-state index in [0.29, 0.717) is 11.7 Å². The highest BCUT2D eigenvalue weighted by atomic mass is 14.9. The molecule has 0 aliphatic rings. The van der Waals surface area contributed by atoms with Crippen LogP contribution in [-0.2, 0) is 0 Å². The van der Waals surface area contributed by atoms with Crippen molar-refractivity contribution in [1.29, 1.82) is 5.26 Å². The fourth-order valence-electron chi connectivity index (χ4n) is 0.968. The minimum Gasteiger partial charge on any atom is -0.382 e. The van der Waals surface area contributed by atoms with Gasteiger partial charge in [-0.3, -0.25) is 0 Å². The number of hydrogen-bond acceptors (Lipinski definition) is 3. The summed E-state index contributed by atoms with van der Waals surface area (Å²) in [6, 6.07) is 6.06. The van der Waals surface area contributed by atoms with Gasteiger partial charge in [0.25, 0.3) is 0 Å². The quantitative estimate of drug-likeness (QED) is 0.765. The molecule has 1 rings (SSSR count). The molecule has 3 heteroatoms. The Balaban J connectivity index is 2.73. The number of aromatic nitrogens is 1. The molecule has 0 radical (unpaired) electrons. The van der Waals surface area contributed by atoms with Crippen LogP contribution in [0, 0.1) is 11.3 Å². The van der Waals surface area contributed by atoms with Gasteiger partial charge in [-0.2, -0.15) is 5.26 Å². The Morgan fingerprint density at radius 2 is 2.46 bits per heavy atom. The Morgan fingerprint density at radius 1 is 1.69 bits per heavy atom. The summed E-state index contributed by atoms with van der Waals surface area (Å²) >= 11 is 0. The van der Waals surface area contributed by atoms with Gasteiger partial charge in [-0.1, -0.05) is 6.92 Å². The maximum Gasteiger partial charge on any atom is 0.142 e. The number of rotatable bonds is 3. The summed E-state index contributed by atoms with van der Waals surface area (Å²) in [4.78, 5) is 3.89. The average Bonchev–Trinajstić information content (AvgIpc) is 2.18. The van der Waals surface area contributed by atoms with E-state index in [1.165, 1.54) is 0 Å². The van der Waals surface area contributed by atoms with Crippen LogP contribution in [0.5, 0.6) is 0 Å². The van der Waals surface area contributed by atoms with E-state index in [2.05, 4.69) is 24.1 Å². The Labute approximate surface area is 78.4 Å². The number of nitrogens with one attached hydrogen (secondary N) is 1. The second-order valence-corrected chi connectivity index (χ2v) is 3.00. The van der Waals surface area contributed by atoms with Gasteiger partial charge < -0.3 is 5.32 Å². The van der Waals surface area contributed by atoms with E-state index in [4.69, 9.17) is 5.26 Å². The van der Waals surface area contributed by atoms with Crippen molar-refractivity contribution in [2.75, 3.05) is 5.32 Å². The molecule has 0 spiro atoms. The van der Waals surface area contributed by atoms with Gasteiger partial charge in [0.15, 0.2) is 0 Å². The van der Waals surface area contributed by atoms with Gasteiger partial charge in [0.2, 0.25) is 0 Å². The van der Waals surface area contributed by atoms with Crippen LogP contribution >= 0.6 is 0 Å². The Bertz CT molecular complexity index is 314. The number of pyridine rings is 1. The molecule has 0 amide bonds. The predicted molar refractivity (Wildman–Crippen MR) is 52.3 cm³/mol. The second-order valence-electron chi connectivity index (χ2n) is 3.00. The molecule has 1 unspecified atom stereocenters. The third-order valence-electron chi connectivity index (χ3n) is 1.90. The van der Waals surface area contributed by atoms with Crippen molar-refractivity contribution in [3.63, 3.8) is 0 Å². The summed E-state index contributed by atoms with van der Waals surface area (Å²) in [6.07, 6.45) is 2.70. The van der Waals surface area contributed by atoms with Gasteiger partial charge in [-0.05, 0) is 25.5 Å². The van der Waals surface area contributed by atoms with E-state index >= 15 is 0 Å². The number of nitriles is 1. The summed E-state index contributed by atoms with van der Waals surface area (Å²) in [5.74, 6) is 0. The molecule has 0 aromatic carbocycles. The average molecular weight is 175 g/mol. The molecule has 0 aliphatic carbocycles. The minimum atomic E-state index is 0.425. The van der Waals surface area contributed by atoms with Gasteiger partial charge in [-0.25, -0.2) is 4.98 Å². The fourth-order valence-corrected chi connectivity index (χ4v) is 0.968. The maximum atomic E-state index is 8.61. The molecule has 0 bridgehead atoms. The van der Waals surface area contributed by atoms with Crippen LogP contribution < -0.4 is 5.32 Å². The number of hydrogen-bond donors (Lipinski definition) is 1. The van der Waals surface area contributed by atoms with Gasteiger partial charge >= 0.3 is 0 Å². The molecule has 0 fully saturated rings. The lowest BCUT2D eigenvalue weighted by Gasteiger charge is -2.12. The zero-order valence-electron chi connectivity index (χ0n) is 7.91. The molecule has 1 atom stereocenters. The van der Waals surface area contributed by atoms with Gasteiger partial charge in [-0.15, -0.1) is 0 Å². The number of nitrogens with zero attached hydrogens (tertiary/aromatic N) is 2. The molecular formula is C10H13N3. The molecule has 68 valence electrons. The highest BCUT2D eigenvalue weighted by Crippen LogP contribution is 2.09. The van der Waals surface area contributed by atoms with Crippen LogP contribution in [0.25, 0.3) is 0 Å². The van der Waals surface area contributed by atoms with E-state index < -0.39 is 0 Å². The first kappa shape index (κ1) is 9.53. The molecule has 1 aromatic heterocycles. The lowest BCUT2D eigenvalue weighted by Crippen LogP contribution is -2.13.